The predicted molar refractivity (Wildman–Crippen MR) is 130 cm³/mol. The van der Waals surface area contributed by atoms with Gasteiger partial charge in [-0.15, -0.1) is 0 Å². The van der Waals surface area contributed by atoms with Gasteiger partial charge in [-0.3, -0.25) is 14.4 Å². The number of ketones is 1. The molecule has 8 nitrogen and oxygen atoms in total. The van der Waals surface area contributed by atoms with E-state index >= 15 is 0 Å². The second-order valence-corrected chi connectivity index (χ2v) is 8.43. The van der Waals surface area contributed by atoms with Crippen LogP contribution in [-0.2, 0) is 16.1 Å². The number of Topliss-reactive ketones (excluding diaryl/α,β-unsaturated/α-hetero) is 1. The first kappa shape index (κ1) is 24.1. The van der Waals surface area contributed by atoms with Crippen LogP contribution in [0.3, 0.4) is 0 Å². The van der Waals surface area contributed by atoms with Gasteiger partial charge >= 0.3 is 0 Å². The molecule has 0 bridgehead atoms. The summed E-state index contributed by atoms with van der Waals surface area (Å²) in [5.74, 6) is 1.28. The van der Waals surface area contributed by atoms with Gasteiger partial charge in [0.25, 0.3) is 5.91 Å². The van der Waals surface area contributed by atoms with Crippen molar-refractivity contribution in [2.75, 3.05) is 24.7 Å². The van der Waals surface area contributed by atoms with E-state index in [2.05, 4.69) is 5.32 Å². The lowest BCUT2D eigenvalue weighted by atomic mass is 10.1. The maximum atomic E-state index is 12.8. The number of ether oxygens (including phenoxy) is 2. The van der Waals surface area contributed by atoms with E-state index in [0.29, 0.717) is 48.0 Å². The van der Waals surface area contributed by atoms with E-state index in [1.165, 1.54) is 0 Å². The standard InChI is InChI=1S/C27H28N2O6/c1-18-7-9-21(13-19(18)2)34-16-24(30)20-8-10-25-23(14-20)29(27(32)17-35-25)11-3-6-26(31)28-15-22-5-4-12-33-22/h4-5,7-10,12-14H,3,6,11,15-17H2,1-2H3,(H,28,31). The summed E-state index contributed by atoms with van der Waals surface area (Å²) in [7, 11) is 0. The molecule has 4 rings (SSSR count). The maximum Gasteiger partial charge on any atom is 0.265 e. The number of furan rings is 1. The van der Waals surface area contributed by atoms with Crippen molar-refractivity contribution in [3.05, 3.63) is 77.2 Å². The largest absolute Gasteiger partial charge is 0.485 e. The first-order valence-electron chi connectivity index (χ1n) is 11.5. The van der Waals surface area contributed by atoms with Gasteiger partial charge < -0.3 is 24.1 Å². The van der Waals surface area contributed by atoms with E-state index in [1.807, 2.05) is 32.0 Å². The molecule has 0 saturated heterocycles. The van der Waals surface area contributed by atoms with Crippen molar-refractivity contribution >= 4 is 23.3 Å². The topological polar surface area (TPSA) is 98.1 Å². The predicted octanol–water partition coefficient (Wildman–Crippen LogP) is 3.98. The Labute approximate surface area is 203 Å². The average molecular weight is 477 g/mol. The highest BCUT2D eigenvalue weighted by Crippen LogP contribution is 2.33. The number of hydrogen-bond donors (Lipinski definition) is 1. The molecule has 8 heteroatoms. The Bertz CT molecular complexity index is 1220. The molecule has 0 atom stereocenters. The zero-order chi connectivity index (χ0) is 24.8. The molecule has 0 spiro atoms. The molecule has 0 fully saturated rings. The van der Waals surface area contributed by atoms with Gasteiger partial charge in [-0.1, -0.05) is 6.07 Å². The monoisotopic (exact) mass is 476 g/mol. The number of benzene rings is 2. The van der Waals surface area contributed by atoms with Gasteiger partial charge in [-0.2, -0.15) is 0 Å². The SMILES string of the molecule is Cc1ccc(OCC(=O)c2ccc3c(c2)N(CCCC(=O)NCc2ccco2)C(=O)CO3)cc1C. The lowest BCUT2D eigenvalue weighted by Crippen LogP contribution is -2.40. The summed E-state index contributed by atoms with van der Waals surface area (Å²) in [6.07, 6.45) is 2.27. The van der Waals surface area contributed by atoms with E-state index in [-0.39, 0.29) is 37.2 Å². The molecule has 0 radical (unpaired) electrons. The van der Waals surface area contributed by atoms with Crippen LogP contribution >= 0.6 is 0 Å². The Hall–Kier alpha value is -4.07. The molecule has 35 heavy (non-hydrogen) atoms. The Morgan fingerprint density at radius 2 is 1.94 bits per heavy atom. The lowest BCUT2D eigenvalue weighted by Gasteiger charge is -2.29. The van der Waals surface area contributed by atoms with Gasteiger partial charge in [0.05, 0.1) is 18.5 Å². The first-order chi connectivity index (χ1) is 16.9. The highest BCUT2D eigenvalue weighted by atomic mass is 16.5. The zero-order valence-electron chi connectivity index (χ0n) is 19.8. The summed E-state index contributed by atoms with van der Waals surface area (Å²) in [5, 5.41) is 2.79. The number of fused-ring (bicyclic) bond motifs is 1. The average Bonchev–Trinajstić information content (AvgIpc) is 3.38. The second kappa shape index (κ2) is 10.9. The molecule has 1 aromatic heterocycles. The minimum Gasteiger partial charge on any atom is -0.485 e. The summed E-state index contributed by atoms with van der Waals surface area (Å²) in [6, 6.07) is 14.2. The smallest absolute Gasteiger partial charge is 0.265 e. The number of rotatable bonds is 10. The van der Waals surface area contributed by atoms with Crippen LogP contribution in [0, 0.1) is 13.8 Å². The molecule has 0 saturated carbocycles. The maximum absolute atomic E-state index is 12.8. The van der Waals surface area contributed by atoms with E-state index < -0.39 is 0 Å². The van der Waals surface area contributed by atoms with Crippen LogP contribution in [0.4, 0.5) is 5.69 Å². The number of hydrogen-bond acceptors (Lipinski definition) is 6. The Balaban J connectivity index is 1.35. The van der Waals surface area contributed by atoms with Crippen molar-refractivity contribution in [2.45, 2.75) is 33.2 Å². The highest BCUT2D eigenvalue weighted by molar-refractivity contribution is 6.02. The third kappa shape index (κ3) is 6.09. The molecule has 2 amide bonds. The normalized spacial score (nSPS) is 12.6. The van der Waals surface area contributed by atoms with E-state index in [1.54, 1.807) is 41.5 Å². The van der Waals surface area contributed by atoms with Crippen LogP contribution in [0.2, 0.25) is 0 Å². The lowest BCUT2D eigenvalue weighted by molar-refractivity contribution is -0.123. The van der Waals surface area contributed by atoms with Gasteiger partial charge in [0.2, 0.25) is 5.91 Å². The number of nitrogens with one attached hydrogen (secondary N) is 1. The molecular weight excluding hydrogens is 448 g/mol. The fourth-order valence-corrected chi connectivity index (χ4v) is 3.74. The fraction of sp³-hybridized carbons (Fsp3) is 0.296. The molecule has 0 unspecified atom stereocenters. The minimum absolute atomic E-state index is 0.0825. The van der Waals surface area contributed by atoms with Gasteiger partial charge in [0.1, 0.15) is 17.3 Å². The number of nitrogens with zero attached hydrogens (tertiary/aromatic N) is 1. The Morgan fingerprint density at radius 3 is 2.71 bits per heavy atom. The molecule has 1 N–H and O–H groups in total. The van der Waals surface area contributed by atoms with Gasteiger partial charge in [-0.25, -0.2) is 0 Å². The van der Waals surface area contributed by atoms with E-state index in [0.717, 1.165) is 11.1 Å². The quantitative estimate of drug-likeness (QED) is 0.445. The molecule has 2 heterocycles. The number of amides is 2. The Kier molecular flexibility index (Phi) is 7.50. The molecule has 1 aliphatic rings. The van der Waals surface area contributed by atoms with Crippen LogP contribution in [-0.4, -0.2) is 37.4 Å². The molecule has 0 aliphatic carbocycles. The van der Waals surface area contributed by atoms with Crippen LogP contribution < -0.4 is 19.7 Å². The molecule has 182 valence electrons. The van der Waals surface area contributed by atoms with Crippen molar-refractivity contribution in [1.82, 2.24) is 5.32 Å². The minimum atomic E-state index is -0.218. The summed E-state index contributed by atoms with van der Waals surface area (Å²) in [4.78, 5) is 39.0. The highest BCUT2D eigenvalue weighted by Gasteiger charge is 2.26. The van der Waals surface area contributed by atoms with Crippen LogP contribution in [0.1, 0.15) is 40.1 Å². The van der Waals surface area contributed by atoms with Crippen molar-refractivity contribution in [3.63, 3.8) is 0 Å². The molecule has 1 aliphatic heterocycles. The van der Waals surface area contributed by atoms with Gasteiger partial charge in [-0.05, 0) is 73.9 Å². The first-order valence-corrected chi connectivity index (χ1v) is 11.5. The fourth-order valence-electron chi connectivity index (χ4n) is 3.74. The zero-order valence-corrected chi connectivity index (χ0v) is 19.8. The summed E-state index contributed by atoms with van der Waals surface area (Å²) in [6.45, 7) is 4.45. The van der Waals surface area contributed by atoms with Gasteiger partial charge in [0, 0.05) is 18.5 Å². The summed E-state index contributed by atoms with van der Waals surface area (Å²) in [5.41, 5.74) is 3.18. The number of carbonyl (C=O) groups is 3. The number of aryl methyl sites for hydroxylation is 2. The van der Waals surface area contributed by atoms with Crippen molar-refractivity contribution in [3.8, 4) is 11.5 Å². The third-order valence-electron chi connectivity index (χ3n) is 5.90. The van der Waals surface area contributed by atoms with Crippen LogP contribution in [0.5, 0.6) is 11.5 Å². The molecule has 3 aromatic rings. The van der Waals surface area contributed by atoms with Crippen LogP contribution in [0.25, 0.3) is 0 Å². The number of carbonyl (C=O) groups excluding carboxylic acids is 3. The molecule has 2 aromatic carbocycles. The van der Waals surface area contributed by atoms with Crippen molar-refractivity contribution in [1.29, 1.82) is 0 Å². The van der Waals surface area contributed by atoms with E-state index in [9.17, 15) is 14.4 Å². The van der Waals surface area contributed by atoms with Crippen molar-refractivity contribution in [2.24, 2.45) is 0 Å². The summed E-state index contributed by atoms with van der Waals surface area (Å²) >= 11 is 0. The third-order valence-corrected chi connectivity index (χ3v) is 5.90. The van der Waals surface area contributed by atoms with Gasteiger partial charge in [0.15, 0.2) is 19.0 Å². The van der Waals surface area contributed by atoms with Crippen molar-refractivity contribution < 1.29 is 28.3 Å². The van der Waals surface area contributed by atoms with E-state index in [4.69, 9.17) is 13.9 Å². The second-order valence-electron chi connectivity index (χ2n) is 8.43. The van der Waals surface area contributed by atoms with Crippen LogP contribution in [0.15, 0.2) is 59.2 Å². The summed E-state index contributed by atoms with van der Waals surface area (Å²) < 4.78 is 16.4. The number of anilines is 1. The Morgan fingerprint density at radius 1 is 1.09 bits per heavy atom. The molecular formula is C27H28N2O6.